The lowest BCUT2D eigenvalue weighted by molar-refractivity contribution is -0.578. The van der Waals surface area contributed by atoms with E-state index < -0.39 is 5.56 Å². The number of benzene rings is 1. The van der Waals surface area contributed by atoms with Crippen molar-refractivity contribution in [2.75, 3.05) is 0 Å². The Hall–Kier alpha value is -2.04. The fraction of sp³-hybridized carbons (Fsp3) is 0. The van der Waals surface area contributed by atoms with Crippen LogP contribution in [0.1, 0.15) is 0 Å². The molecule has 13 heavy (non-hydrogen) atoms. The molecule has 5 heteroatoms. The van der Waals surface area contributed by atoms with Gasteiger partial charge in [0.1, 0.15) is 11.3 Å². The van der Waals surface area contributed by atoms with Crippen molar-refractivity contribution in [1.82, 2.24) is 4.98 Å². The molecule has 0 amide bonds. The van der Waals surface area contributed by atoms with Crippen molar-refractivity contribution in [2.24, 2.45) is 0 Å². The summed E-state index contributed by atoms with van der Waals surface area (Å²) < 4.78 is 0.466. The molecule has 0 aliphatic carbocycles. The molecule has 66 valence electrons. The number of rotatable bonds is 0. The molecule has 0 saturated carbocycles. The first-order chi connectivity index (χ1) is 6.16. The number of phenolic OH excluding ortho intramolecular Hbond substituents is 1. The van der Waals surface area contributed by atoms with Gasteiger partial charge in [0.05, 0.1) is 0 Å². The van der Waals surface area contributed by atoms with E-state index in [-0.39, 0.29) is 5.75 Å². The zero-order chi connectivity index (χ0) is 9.42. The summed E-state index contributed by atoms with van der Waals surface area (Å²) in [7, 11) is 0. The summed E-state index contributed by atoms with van der Waals surface area (Å²) in [6.45, 7) is 0. The van der Waals surface area contributed by atoms with Crippen molar-refractivity contribution in [1.29, 1.82) is 0 Å². The molecule has 2 rings (SSSR count). The van der Waals surface area contributed by atoms with Gasteiger partial charge in [0.15, 0.2) is 0 Å². The van der Waals surface area contributed by atoms with E-state index in [1.807, 2.05) is 0 Å². The predicted octanol–water partition coefficient (Wildman–Crippen LogP) is -0.133. The summed E-state index contributed by atoms with van der Waals surface area (Å²) in [6, 6.07) is 4.15. The molecule has 0 fully saturated rings. The SMILES string of the molecule is O=c1c[n+]([O-])c2ccc(O)cc2[nH]1. The van der Waals surface area contributed by atoms with Crippen LogP contribution in [0.5, 0.6) is 5.75 Å². The lowest BCUT2D eigenvalue weighted by Crippen LogP contribution is -2.32. The number of nitrogens with one attached hydrogen (secondary N) is 1. The van der Waals surface area contributed by atoms with E-state index in [9.17, 15) is 10.0 Å². The molecule has 1 heterocycles. The minimum Gasteiger partial charge on any atom is -0.618 e. The fourth-order valence-electron chi connectivity index (χ4n) is 1.16. The highest BCUT2D eigenvalue weighted by Gasteiger charge is 2.05. The maximum absolute atomic E-state index is 11.1. The number of hydrogen-bond donors (Lipinski definition) is 2. The van der Waals surface area contributed by atoms with Gasteiger partial charge in [-0.3, -0.25) is 4.79 Å². The third kappa shape index (κ3) is 1.20. The second-order valence-electron chi connectivity index (χ2n) is 2.65. The minimum atomic E-state index is -0.492. The smallest absolute Gasteiger partial charge is 0.314 e. The van der Waals surface area contributed by atoms with Crippen LogP contribution in [0.3, 0.4) is 0 Å². The molecular formula is C8H6N2O3. The van der Waals surface area contributed by atoms with Crippen LogP contribution >= 0.6 is 0 Å². The molecule has 0 atom stereocenters. The van der Waals surface area contributed by atoms with Crippen molar-refractivity contribution >= 4 is 11.0 Å². The molecule has 0 saturated heterocycles. The molecule has 0 spiro atoms. The molecule has 1 aromatic heterocycles. The van der Waals surface area contributed by atoms with Crippen LogP contribution in [-0.2, 0) is 0 Å². The molecule has 5 nitrogen and oxygen atoms in total. The van der Waals surface area contributed by atoms with Gasteiger partial charge in [-0.05, 0) is 6.07 Å². The number of hydrogen-bond acceptors (Lipinski definition) is 3. The van der Waals surface area contributed by atoms with Gasteiger partial charge in [-0.25, -0.2) is 0 Å². The van der Waals surface area contributed by atoms with E-state index >= 15 is 0 Å². The van der Waals surface area contributed by atoms with Gasteiger partial charge in [0, 0.05) is 12.1 Å². The largest absolute Gasteiger partial charge is 0.618 e. The van der Waals surface area contributed by atoms with E-state index in [2.05, 4.69) is 4.98 Å². The molecule has 2 N–H and O–H groups in total. The monoisotopic (exact) mass is 178 g/mol. The summed E-state index contributed by atoms with van der Waals surface area (Å²) in [6.07, 6.45) is 0.902. The molecule has 0 aliphatic rings. The number of H-pyrrole nitrogens is 1. The average Bonchev–Trinajstić information content (AvgIpc) is 2.02. The quantitative estimate of drug-likeness (QED) is 0.435. The zero-order valence-electron chi connectivity index (χ0n) is 6.52. The van der Waals surface area contributed by atoms with Gasteiger partial charge in [-0.15, -0.1) is 0 Å². The standard InChI is InChI=1S/C8H6N2O3/c11-5-1-2-7-6(3-5)9-8(12)4-10(7)13/h1-4,11H,(H,9,12). The van der Waals surface area contributed by atoms with Crippen molar-refractivity contribution in [3.05, 3.63) is 40.0 Å². The number of phenols is 1. The first-order valence-electron chi connectivity index (χ1n) is 3.62. The van der Waals surface area contributed by atoms with E-state index in [0.717, 1.165) is 6.20 Å². The first-order valence-corrected chi connectivity index (χ1v) is 3.62. The highest BCUT2D eigenvalue weighted by Crippen LogP contribution is 2.13. The van der Waals surface area contributed by atoms with Crippen LogP contribution in [0.4, 0.5) is 0 Å². The van der Waals surface area contributed by atoms with Crippen LogP contribution in [-0.4, -0.2) is 10.1 Å². The van der Waals surface area contributed by atoms with Gasteiger partial charge < -0.3 is 15.3 Å². The van der Waals surface area contributed by atoms with Crippen LogP contribution < -0.4 is 10.3 Å². The van der Waals surface area contributed by atoms with Gasteiger partial charge in [-0.2, -0.15) is 4.73 Å². The Morgan fingerprint density at radius 2 is 2.23 bits per heavy atom. The van der Waals surface area contributed by atoms with E-state index in [1.54, 1.807) is 0 Å². The van der Waals surface area contributed by atoms with Crippen molar-refractivity contribution in [3.63, 3.8) is 0 Å². The molecule has 0 aliphatic heterocycles. The summed E-state index contributed by atoms with van der Waals surface area (Å²) in [4.78, 5) is 13.3. The maximum atomic E-state index is 11.1. The van der Waals surface area contributed by atoms with Gasteiger partial charge in [-0.1, -0.05) is 0 Å². The molecule has 1 aromatic carbocycles. The van der Waals surface area contributed by atoms with Gasteiger partial charge >= 0.3 is 5.56 Å². The van der Waals surface area contributed by atoms with Gasteiger partial charge in [0.25, 0.3) is 0 Å². The van der Waals surface area contributed by atoms with Crippen LogP contribution in [0, 0.1) is 5.21 Å². The molecule has 0 bridgehead atoms. The summed E-state index contributed by atoms with van der Waals surface area (Å²) in [5, 5.41) is 20.2. The van der Waals surface area contributed by atoms with Crippen molar-refractivity contribution in [3.8, 4) is 5.75 Å². The highest BCUT2D eigenvalue weighted by molar-refractivity contribution is 5.72. The second-order valence-corrected chi connectivity index (χ2v) is 2.65. The van der Waals surface area contributed by atoms with Gasteiger partial charge in [0.2, 0.25) is 11.7 Å². The number of fused-ring (bicyclic) bond motifs is 1. The van der Waals surface area contributed by atoms with Crippen LogP contribution in [0.2, 0.25) is 0 Å². The van der Waals surface area contributed by atoms with Crippen molar-refractivity contribution < 1.29 is 9.84 Å². The third-order valence-electron chi connectivity index (χ3n) is 1.71. The Balaban J connectivity index is 2.94. The summed E-state index contributed by atoms with van der Waals surface area (Å²) >= 11 is 0. The van der Waals surface area contributed by atoms with E-state index in [0.29, 0.717) is 15.8 Å². The number of aromatic hydroxyl groups is 1. The number of nitrogens with zero attached hydrogens (tertiary/aromatic N) is 1. The molecule has 2 aromatic rings. The maximum Gasteiger partial charge on any atom is 0.314 e. The Bertz CT molecular complexity index is 518. The molecule has 0 unspecified atom stereocenters. The average molecular weight is 178 g/mol. The Morgan fingerprint density at radius 3 is 3.00 bits per heavy atom. The minimum absolute atomic E-state index is 0.00866. The first kappa shape index (κ1) is 7.60. The Labute approximate surface area is 72.5 Å². The highest BCUT2D eigenvalue weighted by atomic mass is 16.5. The number of aromatic amines is 1. The van der Waals surface area contributed by atoms with Crippen molar-refractivity contribution in [2.45, 2.75) is 0 Å². The predicted molar refractivity (Wildman–Crippen MR) is 45.2 cm³/mol. The summed E-state index contributed by atoms with van der Waals surface area (Å²) in [5.74, 6) is 0.00866. The lowest BCUT2D eigenvalue weighted by atomic mass is 10.3. The lowest BCUT2D eigenvalue weighted by Gasteiger charge is -1.99. The van der Waals surface area contributed by atoms with Crippen LogP contribution in [0.25, 0.3) is 11.0 Å². The third-order valence-corrected chi connectivity index (χ3v) is 1.71. The number of aromatic nitrogens is 2. The normalized spacial score (nSPS) is 10.5. The molecular weight excluding hydrogens is 172 g/mol. The topological polar surface area (TPSA) is 80.0 Å². The van der Waals surface area contributed by atoms with Crippen LogP contribution in [0.15, 0.2) is 29.2 Å². The Morgan fingerprint density at radius 1 is 1.46 bits per heavy atom. The zero-order valence-corrected chi connectivity index (χ0v) is 6.52. The molecule has 0 radical (unpaired) electrons. The van der Waals surface area contributed by atoms with E-state index in [4.69, 9.17) is 5.11 Å². The fourth-order valence-corrected chi connectivity index (χ4v) is 1.16. The van der Waals surface area contributed by atoms with E-state index in [1.165, 1.54) is 18.2 Å². The Kier molecular flexibility index (Phi) is 1.45. The second kappa shape index (κ2) is 2.48. The summed E-state index contributed by atoms with van der Waals surface area (Å²) in [5.41, 5.74) is 0.146.